The number of nitrogens with one attached hydrogen (secondary N) is 2. The Morgan fingerprint density at radius 2 is 1.92 bits per heavy atom. The number of carbonyl (C=O) groups excluding carboxylic acids is 1. The Bertz CT molecular complexity index is 131. The summed E-state index contributed by atoms with van der Waals surface area (Å²) in [6, 6.07) is 0. The minimum atomic E-state index is 0.00592. The lowest BCUT2D eigenvalue weighted by Gasteiger charge is -2.03. The molecule has 0 radical (unpaired) electrons. The van der Waals surface area contributed by atoms with Gasteiger partial charge < -0.3 is 15.6 Å². The van der Waals surface area contributed by atoms with Gasteiger partial charge in [0, 0.05) is 26.1 Å². The SMILES string of the molecule is O=C(CCCCO)NCCCNO. The van der Waals surface area contributed by atoms with Crippen LogP contribution >= 0.6 is 0 Å². The van der Waals surface area contributed by atoms with Crippen LogP contribution in [-0.4, -0.2) is 35.9 Å². The maximum Gasteiger partial charge on any atom is 0.219 e. The van der Waals surface area contributed by atoms with Gasteiger partial charge in [0.15, 0.2) is 0 Å². The zero-order chi connectivity index (χ0) is 9.94. The summed E-state index contributed by atoms with van der Waals surface area (Å²) in [4.78, 5) is 11.0. The fraction of sp³-hybridized carbons (Fsp3) is 0.875. The van der Waals surface area contributed by atoms with Crippen molar-refractivity contribution in [1.82, 2.24) is 10.8 Å². The van der Waals surface area contributed by atoms with Gasteiger partial charge in [0.05, 0.1) is 0 Å². The van der Waals surface area contributed by atoms with E-state index in [0.29, 0.717) is 32.4 Å². The summed E-state index contributed by atoms with van der Waals surface area (Å²) in [5.74, 6) is 0.00592. The second-order valence-corrected chi connectivity index (χ2v) is 2.79. The van der Waals surface area contributed by atoms with Gasteiger partial charge in [0.2, 0.25) is 5.91 Å². The number of rotatable bonds is 8. The zero-order valence-electron chi connectivity index (χ0n) is 7.75. The first-order valence-electron chi connectivity index (χ1n) is 4.55. The molecule has 0 saturated carbocycles. The van der Waals surface area contributed by atoms with Gasteiger partial charge in [-0.15, -0.1) is 0 Å². The molecule has 0 aromatic carbocycles. The van der Waals surface area contributed by atoms with Gasteiger partial charge in [0.25, 0.3) is 0 Å². The van der Waals surface area contributed by atoms with Crippen LogP contribution in [0.5, 0.6) is 0 Å². The van der Waals surface area contributed by atoms with E-state index < -0.39 is 0 Å². The van der Waals surface area contributed by atoms with Crippen LogP contribution in [0.15, 0.2) is 0 Å². The molecule has 0 bridgehead atoms. The molecule has 0 aliphatic heterocycles. The summed E-state index contributed by atoms with van der Waals surface area (Å²) in [5, 5.41) is 19.4. The van der Waals surface area contributed by atoms with E-state index in [0.717, 1.165) is 6.42 Å². The lowest BCUT2D eigenvalue weighted by atomic mass is 10.2. The maximum absolute atomic E-state index is 11.0. The third kappa shape index (κ3) is 9.26. The molecule has 0 rings (SSSR count). The highest BCUT2D eigenvalue weighted by Crippen LogP contribution is 1.93. The van der Waals surface area contributed by atoms with E-state index in [4.69, 9.17) is 10.3 Å². The van der Waals surface area contributed by atoms with Crippen LogP contribution in [0.4, 0.5) is 0 Å². The zero-order valence-corrected chi connectivity index (χ0v) is 7.75. The van der Waals surface area contributed by atoms with Crippen LogP contribution < -0.4 is 10.8 Å². The van der Waals surface area contributed by atoms with Gasteiger partial charge in [-0.1, -0.05) is 0 Å². The summed E-state index contributed by atoms with van der Waals surface area (Å²) < 4.78 is 0. The van der Waals surface area contributed by atoms with E-state index in [-0.39, 0.29) is 12.5 Å². The topological polar surface area (TPSA) is 81.6 Å². The van der Waals surface area contributed by atoms with Crippen molar-refractivity contribution in [2.75, 3.05) is 19.7 Å². The van der Waals surface area contributed by atoms with E-state index in [1.165, 1.54) is 0 Å². The number of hydrogen-bond acceptors (Lipinski definition) is 4. The van der Waals surface area contributed by atoms with Crippen molar-refractivity contribution in [3.05, 3.63) is 0 Å². The molecule has 0 aromatic heterocycles. The van der Waals surface area contributed by atoms with Crippen molar-refractivity contribution < 1.29 is 15.1 Å². The average molecular weight is 190 g/mol. The molecule has 5 heteroatoms. The standard InChI is InChI=1S/C8H18N2O3/c11-7-2-1-4-8(12)9-5-3-6-10-13/h10-11,13H,1-7H2,(H,9,12). The van der Waals surface area contributed by atoms with E-state index in [1.54, 1.807) is 0 Å². The lowest BCUT2D eigenvalue weighted by molar-refractivity contribution is -0.121. The summed E-state index contributed by atoms with van der Waals surface area (Å²) in [5.41, 5.74) is 2.01. The van der Waals surface area contributed by atoms with E-state index in [9.17, 15) is 4.79 Å². The number of hydrogen-bond donors (Lipinski definition) is 4. The smallest absolute Gasteiger partial charge is 0.219 e. The van der Waals surface area contributed by atoms with Gasteiger partial charge >= 0.3 is 0 Å². The Kier molecular flexibility index (Phi) is 8.97. The Morgan fingerprint density at radius 1 is 1.15 bits per heavy atom. The largest absolute Gasteiger partial charge is 0.396 e. The summed E-state index contributed by atoms with van der Waals surface area (Å²) in [7, 11) is 0. The average Bonchev–Trinajstić information content (AvgIpc) is 2.13. The molecule has 0 fully saturated rings. The van der Waals surface area contributed by atoms with Crippen molar-refractivity contribution >= 4 is 5.91 Å². The first kappa shape index (κ1) is 12.3. The Balaban J connectivity index is 3.11. The van der Waals surface area contributed by atoms with Gasteiger partial charge in [0.1, 0.15) is 0 Å². The van der Waals surface area contributed by atoms with Crippen molar-refractivity contribution in [2.24, 2.45) is 0 Å². The van der Waals surface area contributed by atoms with E-state index >= 15 is 0 Å². The molecule has 0 spiro atoms. The Morgan fingerprint density at radius 3 is 2.54 bits per heavy atom. The number of aliphatic hydroxyl groups is 1. The molecule has 13 heavy (non-hydrogen) atoms. The second-order valence-electron chi connectivity index (χ2n) is 2.79. The van der Waals surface area contributed by atoms with Crippen molar-refractivity contribution in [2.45, 2.75) is 25.7 Å². The molecule has 0 saturated heterocycles. The van der Waals surface area contributed by atoms with Crippen LogP contribution in [0.1, 0.15) is 25.7 Å². The predicted octanol–water partition coefficient (Wildman–Crippen LogP) is -0.366. The highest BCUT2D eigenvalue weighted by molar-refractivity contribution is 5.75. The minimum Gasteiger partial charge on any atom is -0.396 e. The molecule has 4 N–H and O–H groups in total. The highest BCUT2D eigenvalue weighted by atomic mass is 16.5. The van der Waals surface area contributed by atoms with Crippen molar-refractivity contribution in [3.63, 3.8) is 0 Å². The summed E-state index contributed by atoms with van der Waals surface area (Å²) in [6.45, 7) is 1.20. The van der Waals surface area contributed by atoms with Gasteiger partial charge in [-0.05, 0) is 19.3 Å². The van der Waals surface area contributed by atoms with Gasteiger partial charge in [-0.2, -0.15) is 0 Å². The van der Waals surface area contributed by atoms with Crippen molar-refractivity contribution in [1.29, 1.82) is 0 Å². The molecule has 0 aliphatic carbocycles. The molecule has 1 amide bonds. The fourth-order valence-electron chi connectivity index (χ4n) is 0.881. The van der Waals surface area contributed by atoms with E-state index in [2.05, 4.69) is 5.32 Å². The molecule has 0 unspecified atom stereocenters. The quantitative estimate of drug-likeness (QED) is 0.311. The lowest BCUT2D eigenvalue weighted by Crippen LogP contribution is -2.26. The number of carbonyl (C=O) groups is 1. The van der Waals surface area contributed by atoms with Crippen LogP contribution in [0, 0.1) is 0 Å². The molecular formula is C8H18N2O3. The van der Waals surface area contributed by atoms with Gasteiger partial charge in [-0.25, -0.2) is 5.48 Å². The number of hydroxylamine groups is 1. The first-order chi connectivity index (χ1) is 6.31. The molecule has 0 atom stereocenters. The van der Waals surface area contributed by atoms with Crippen LogP contribution in [0.2, 0.25) is 0 Å². The Labute approximate surface area is 78.1 Å². The molecule has 5 nitrogen and oxygen atoms in total. The van der Waals surface area contributed by atoms with Crippen molar-refractivity contribution in [3.8, 4) is 0 Å². The molecule has 0 aliphatic rings. The number of unbranched alkanes of at least 4 members (excludes halogenated alkanes) is 1. The monoisotopic (exact) mass is 190 g/mol. The predicted molar refractivity (Wildman–Crippen MR) is 48.4 cm³/mol. The number of amides is 1. The van der Waals surface area contributed by atoms with Crippen LogP contribution in [0.3, 0.4) is 0 Å². The maximum atomic E-state index is 11.0. The molecule has 0 aromatic rings. The fourth-order valence-corrected chi connectivity index (χ4v) is 0.881. The molecular weight excluding hydrogens is 172 g/mol. The Hall–Kier alpha value is -0.650. The van der Waals surface area contributed by atoms with Gasteiger partial charge in [-0.3, -0.25) is 4.79 Å². The first-order valence-corrected chi connectivity index (χ1v) is 4.55. The van der Waals surface area contributed by atoms with Crippen LogP contribution in [0.25, 0.3) is 0 Å². The second kappa shape index (κ2) is 9.44. The van der Waals surface area contributed by atoms with Crippen LogP contribution in [-0.2, 0) is 4.79 Å². The summed E-state index contributed by atoms with van der Waals surface area (Å²) in [6.07, 6.45) is 2.57. The summed E-state index contributed by atoms with van der Waals surface area (Å²) >= 11 is 0. The normalized spacial score (nSPS) is 10.0. The number of aliphatic hydroxyl groups excluding tert-OH is 1. The third-order valence-corrected chi connectivity index (χ3v) is 1.60. The molecule has 0 heterocycles. The minimum absolute atomic E-state index is 0.00592. The third-order valence-electron chi connectivity index (χ3n) is 1.60. The van der Waals surface area contributed by atoms with E-state index in [1.807, 2.05) is 5.48 Å². The highest BCUT2D eigenvalue weighted by Gasteiger charge is 1.98. The molecule has 78 valence electrons.